The summed E-state index contributed by atoms with van der Waals surface area (Å²) < 4.78 is 21.7. The Morgan fingerprint density at radius 3 is 2.53 bits per heavy atom. The van der Waals surface area contributed by atoms with E-state index >= 15 is 0 Å². The number of carbonyl (C=O) groups excluding carboxylic acids is 4. The number of anilines is 1. The van der Waals surface area contributed by atoms with E-state index in [2.05, 4.69) is 5.32 Å². The van der Waals surface area contributed by atoms with Crippen molar-refractivity contribution in [2.45, 2.75) is 33.3 Å². The van der Waals surface area contributed by atoms with Crippen molar-refractivity contribution in [3.05, 3.63) is 52.9 Å². The number of methoxy groups -OCH3 is 1. The molecule has 1 aliphatic rings. The smallest absolute Gasteiger partial charge is 0.326 e. The lowest BCUT2D eigenvalue weighted by atomic mass is 10.2. The maximum Gasteiger partial charge on any atom is 0.326 e. The average molecular weight is 543 g/mol. The van der Waals surface area contributed by atoms with E-state index < -0.39 is 23.7 Å². The van der Waals surface area contributed by atoms with Crippen molar-refractivity contribution in [1.29, 1.82) is 0 Å². The van der Waals surface area contributed by atoms with Gasteiger partial charge in [-0.3, -0.25) is 24.1 Å². The van der Waals surface area contributed by atoms with Gasteiger partial charge in [0.2, 0.25) is 0 Å². The summed E-state index contributed by atoms with van der Waals surface area (Å²) in [6, 6.07) is 12.0. The third kappa shape index (κ3) is 7.51. The van der Waals surface area contributed by atoms with E-state index in [4.69, 9.17) is 18.9 Å². The lowest BCUT2D eigenvalue weighted by molar-refractivity contribution is -0.150. The lowest BCUT2D eigenvalue weighted by Crippen LogP contribution is -2.35. The summed E-state index contributed by atoms with van der Waals surface area (Å²) in [5.74, 6) is -0.400. The Labute approximate surface area is 225 Å². The van der Waals surface area contributed by atoms with Gasteiger partial charge in [-0.05, 0) is 67.9 Å². The topological polar surface area (TPSA) is 120 Å². The minimum Gasteiger partial charge on any atom is -0.493 e. The van der Waals surface area contributed by atoms with Crippen molar-refractivity contribution in [2.75, 3.05) is 32.2 Å². The standard InChI is InChI=1S/C27H30N2O8S/c1-5-17(3)37-25(31)15-29-26(32)23(38-27(29)33)14-18-11-12-21(22(13-18)34-4)36-16-24(30)28-19-9-7-8-10-20(19)35-6-2/h7-14,17H,5-6,15-16H2,1-4H3,(H,28,30)/b23-14+/t17-/m1/s1. The highest BCUT2D eigenvalue weighted by Crippen LogP contribution is 2.34. The van der Waals surface area contributed by atoms with Gasteiger partial charge in [0.15, 0.2) is 18.1 Å². The molecule has 0 saturated carbocycles. The molecule has 1 atom stereocenters. The second-order valence-electron chi connectivity index (χ2n) is 8.15. The monoisotopic (exact) mass is 542 g/mol. The molecule has 1 fully saturated rings. The lowest BCUT2D eigenvalue weighted by Gasteiger charge is -2.15. The highest BCUT2D eigenvalue weighted by atomic mass is 32.2. The zero-order chi connectivity index (χ0) is 27.7. The maximum atomic E-state index is 12.7. The number of esters is 1. The van der Waals surface area contributed by atoms with Crippen LogP contribution < -0.4 is 19.5 Å². The predicted octanol–water partition coefficient (Wildman–Crippen LogP) is 4.49. The van der Waals surface area contributed by atoms with Crippen LogP contribution in [0.5, 0.6) is 17.2 Å². The van der Waals surface area contributed by atoms with Crippen molar-refractivity contribution >= 4 is 46.5 Å². The molecule has 10 nitrogen and oxygen atoms in total. The molecule has 0 aliphatic carbocycles. The molecule has 2 aromatic rings. The number of hydrogen-bond acceptors (Lipinski definition) is 9. The first-order valence-electron chi connectivity index (χ1n) is 12.0. The summed E-state index contributed by atoms with van der Waals surface area (Å²) in [7, 11) is 1.45. The van der Waals surface area contributed by atoms with Gasteiger partial charge in [-0.1, -0.05) is 25.1 Å². The van der Waals surface area contributed by atoms with E-state index in [1.807, 2.05) is 19.9 Å². The fraction of sp³-hybridized carbons (Fsp3) is 0.333. The molecule has 2 aromatic carbocycles. The van der Waals surface area contributed by atoms with E-state index in [1.54, 1.807) is 43.3 Å². The quantitative estimate of drug-likeness (QED) is 0.305. The highest BCUT2D eigenvalue weighted by Gasteiger charge is 2.37. The molecule has 0 unspecified atom stereocenters. The zero-order valence-corrected chi connectivity index (χ0v) is 22.5. The second-order valence-corrected chi connectivity index (χ2v) is 9.15. The molecule has 11 heteroatoms. The molecule has 1 saturated heterocycles. The van der Waals surface area contributed by atoms with Gasteiger partial charge in [0.1, 0.15) is 12.3 Å². The van der Waals surface area contributed by atoms with E-state index in [9.17, 15) is 19.2 Å². The van der Waals surface area contributed by atoms with Crippen LogP contribution in [0, 0.1) is 0 Å². The summed E-state index contributed by atoms with van der Waals surface area (Å²) in [4.78, 5) is 50.5. The van der Waals surface area contributed by atoms with E-state index in [0.717, 1.165) is 16.7 Å². The first-order chi connectivity index (χ1) is 18.2. The molecular formula is C27H30N2O8S. The Morgan fingerprint density at radius 2 is 1.82 bits per heavy atom. The van der Waals surface area contributed by atoms with Crippen molar-refractivity contribution in [3.63, 3.8) is 0 Å². The van der Waals surface area contributed by atoms with Gasteiger partial charge in [-0.2, -0.15) is 0 Å². The van der Waals surface area contributed by atoms with Gasteiger partial charge in [0, 0.05) is 0 Å². The summed E-state index contributed by atoms with van der Waals surface area (Å²) >= 11 is 0.736. The molecule has 1 aliphatic heterocycles. The molecule has 0 aromatic heterocycles. The summed E-state index contributed by atoms with van der Waals surface area (Å²) in [6.07, 6.45) is 1.85. The predicted molar refractivity (Wildman–Crippen MR) is 143 cm³/mol. The molecule has 1 N–H and O–H groups in total. The fourth-order valence-corrected chi connectivity index (χ4v) is 4.17. The number of hydrogen-bond donors (Lipinski definition) is 1. The number of thioether (sulfide) groups is 1. The van der Waals surface area contributed by atoms with Crippen LogP contribution in [-0.2, 0) is 19.1 Å². The third-order valence-electron chi connectivity index (χ3n) is 5.37. The van der Waals surface area contributed by atoms with Gasteiger partial charge in [-0.15, -0.1) is 0 Å². The Balaban J connectivity index is 1.64. The second kappa shape index (κ2) is 13.5. The van der Waals surface area contributed by atoms with E-state index in [0.29, 0.717) is 41.5 Å². The fourth-order valence-electron chi connectivity index (χ4n) is 3.34. The van der Waals surface area contributed by atoms with Crippen molar-refractivity contribution < 1.29 is 38.1 Å². The van der Waals surface area contributed by atoms with Crippen LogP contribution >= 0.6 is 11.8 Å². The average Bonchev–Trinajstić information content (AvgIpc) is 3.16. The summed E-state index contributed by atoms with van der Waals surface area (Å²) in [6.45, 7) is 5.20. The first-order valence-corrected chi connectivity index (χ1v) is 12.8. The number of amides is 3. The molecule has 0 spiro atoms. The number of rotatable bonds is 12. The van der Waals surface area contributed by atoms with Gasteiger partial charge in [0.05, 0.1) is 30.4 Å². The SMILES string of the molecule is CCOc1ccccc1NC(=O)COc1ccc(/C=C2/SC(=O)N(CC(=O)O[C@H](C)CC)C2=O)cc1OC. The van der Waals surface area contributed by atoms with Gasteiger partial charge < -0.3 is 24.3 Å². The van der Waals surface area contributed by atoms with Crippen LogP contribution in [0.1, 0.15) is 32.8 Å². The summed E-state index contributed by atoms with van der Waals surface area (Å²) in [5, 5.41) is 2.20. The van der Waals surface area contributed by atoms with Crippen LogP contribution in [0.15, 0.2) is 47.4 Å². The molecule has 38 heavy (non-hydrogen) atoms. The van der Waals surface area contributed by atoms with Gasteiger partial charge in [-0.25, -0.2) is 0 Å². The van der Waals surface area contributed by atoms with Crippen molar-refractivity contribution in [1.82, 2.24) is 4.90 Å². The molecule has 202 valence electrons. The molecule has 1 heterocycles. The summed E-state index contributed by atoms with van der Waals surface area (Å²) in [5.41, 5.74) is 1.10. The Morgan fingerprint density at radius 1 is 1.05 bits per heavy atom. The van der Waals surface area contributed by atoms with Crippen LogP contribution in [0.4, 0.5) is 10.5 Å². The minimum atomic E-state index is -0.642. The molecule has 3 rings (SSSR count). The first kappa shape index (κ1) is 28.6. The minimum absolute atomic E-state index is 0.161. The van der Waals surface area contributed by atoms with Crippen LogP contribution in [0.3, 0.4) is 0 Å². The Kier molecular flexibility index (Phi) is 10.2. The normalized spacial score (nSPS) is 14.8. The third-order valence-corrected chi connectivity index (χ3v) is 6.28. The maximum absolute atomic E-state index is 12.7. The Hall–Kier alpha value is -3.99. The van der Waals surface area contributed by atoms with Crippen molar-refractivity contribution in [3.8, 4) is 17.2 Å². The van der Waals surface area contributed by atoms with Crippen molar-refractivity contribution in [2.24, 2.45) is 0 Å². The zero-order valence-electron chi connectivity index (χ0n) is 21.6. The van der Waals surface area contributed by atoms with Crippen LogP contribution in [-0.4, -0.2) is 60.9 Å². The van der Waals surface area contributed by atoms with Gasteiger partial charge in [0.25, 0.3) is 17.1 Å². The van der Waals surface area contributed by atoms with E-state index in [-0.39, 0.29) is 23.5 Å². The van der Waals surface area contributed by atoms with Crippen LogP contribution in [0.2, 0.25) is 0 Å². The van der Waals surface area contributed by atoms with Gasteiger partial charge >= 0.3 is 5.97 Å². The molecule has 0 radical (unpaired) electrons. The number of ether oxygens (including phenoxy) is 4. The number of benzene rings is 2. The van der Waals surface area contributed by atoms with Crippen LogP contribution in [0.25, 0.3) is 6.08 Å². The highest BCUT2D eigenvalue weighted by molar-refractivity contribution is 8.18. The molecule has 0 bridgehead atoms. The number of carbonyl (C=O) groups is 4. The molecular weight excluding hydrogens is 512 g/mol. The number of nitrogens with one attached hydrogen (secondary N) is 1. The number of imide groups is 1. The number of para-hydroxylation sites is 2. The van der Waals surface area contributed by atoms with E-state index in [1.165, 1.54) is 13.2 Å². The Bertz CT molecular complexity index is 1230. The number of nitrogens with zero attached hydrogens (tertiary/aromatic N) is 1. The largest absolute Gasteiger partial charge is 0.493 e. The molecule has 3 amide bonds.